The van der Waals surface area contributed by atoms with Crippen molar-refractivity contribution in [3.05, 3.63) is 0 Å². The van der Waals surface area contributed by atoms with Crippen LogP contribution in [-0.4, -0.2) is 13.7 Å². The van der Waals surface area contributed by atoms with Gasteiger partial charge in [-0.25, -0.2) is 0 Å². The zero-order valence-corrected chi connectivity index (χ0v) is 7.17. The zero-order chi connectivity index (χ0) is 5.54. The van der Waals surface area contributed by atoms with Crippen molar-refractivity contribution in [3.63, 3.8) is 0 Å². The first-order valence-corrected chi connectivity index (χ1v) is 2.90. The molecule has 0 saturated heterocycles. The maximum absolute atomic E-state index is 4.84. The summed E-state index contributed by atoms with van der Waals surface area (Å²) >= 11 is 0. The molecule has 3 N–H and O–H groups in total. The largest absolute Gasteiger partial charge is 0.385 e. The van der Waals surface area contributed by atoms with E-state index in [1.165, 1.54) is 19.3 Å². The molecule has 9 heavy (non-hydrogen) atoms. The third kappa shape index (κ3) is 17.9. The fraction of sp³-hybridized carbons (Fsp3) is 1.00. The fourth-order valence-electron chi connectivity index (χ4n) is 0.496. The third-order valence-corrected chi connectivity index (χ3v) is 0.952. The number of rotatable bonds is 4. The van der Waals surface area contributed by atoms with E-state index < -0.39 is 0 Å². The second-order valence-corrected chi connectivity index (χ2v) is 1.70. The molecule has 0 amide bonds. The molecule has 0 aromatic carbocycles. The summed E-state index contributed by atoms with van der Waals surface area (Å²) in [6.45, 7) is 3.11. The van der Waals surface area contributed by atoms with Gasteiger partial charge >= 0.3 is 0 Å². The van der Waals surface area contributed by atoms with Crippen LogP contribution < -0.4 is 6.15 Å². The van der Waals surface area contributed by atoms with E-state index >= 15 is 0 Å². The molecule has 0 aliphatic heterocycles. The lowest BCUT2D eigenvalue weighted by Crippen LogP contribution is -1.85. The van der Waals surface area contributed by atoms with E-state index in [9.17, 15) is 0 Å². The minimum atomic E-state index is 0. The molecule has 2 nitrogen and oxygen atoms in total. The van der Waals surface area contributed by atoms with Gasteiger partial charge in [0.15, 0.2) is 0 Å². The van der Waals surface area contributed by atoms with Crippen LogP contribution in [0.3, 0.4) is 0 Å². The van der Waals surface area contributed by atoms with E-state index in [4.69, 9.17) is 4.74 Å². The molecular formula is C6H18ClNO. The zero-order valence-electron chi connectivity index (χ0n) is 6.35. The quantitative estimate of drug-likeness (QED) is 0.634. The first kappa shape index (κ1) is 16.1. The van der Waals surface area contributed by atoms with E-state index in [1.54, 1.807) is 7.11 Å². The van der Waals surface area contributed by atoms with Crippen molar-refractivity contribution < 1.29 is 4.74 Å². The molecule has 0 heterocycles. The van der Waals surface area contributed by atoms with Gasteiger partial charge in [0.1, 0.15) is 0 Å². The number of unbranched alkanes of at least 4 members (excludes halogenated alkanes) is 2. The van der Waals surface area contributed by atoms with Gasteiger partial charge < -0.3 is 10.9 Å². The van der Waals surface area contributed by atoms with Crippen molar-refractivity contribution in [2.24, 2.45) is 0 Å². The summed E-state index contributed by atoms with van der Waals surface area (Å²) in [4.78, 5) is 0. The lowest BCUT2D eigenvalue weighted by Gasteiger charge is -1.92. The molecule has 0 aromatic rings. The van der Waals surface area contributed by atoms with Crippen molar-refractivity contribution in [2.75, 3.05) is 13.7 Å². The standard InChI is InChI=1S/C6H14O.ClH.H3N/c1-3-4-5-6-7-2;;/h3-6H2,1-2H3;1H;1H3. The van der Waals surface area contributed by atoms with Gasteiger partial charge in [-0.05, 0) is 6.42 Å². The van der Waals surface area contributed by atoms with Crippen molar-refractivity contribution in [1.82, 2.24) is 6.15 Å². The van der Waals surface area contributed by atoms with Crippen LogP contribution in [0.5, 0.6) is 0 Å². The van der Waals surface area contributed by atoms with Crippen LogP contribution in [0, 0.1) is 0 Å². The first-order valence-electron chi connectivity index (χ1n) is 2.90. The van der Waals surface area contributed by atoms with E-state index in [-0.39, 0.29) is 18.6 Å². The monoisotopic (exact) mass is 155 g/mol. The van der Waals surface area contributed by atoms with Crippen LogP contribution in [0.2, 0.25) is 0 Å². The van der Waals surface area contributed by atoms with Gasteiger partial charge in [-0.3, -0.25) is 0 Å². The van der Waals surface area contributed by atoms with Gasteiger partial charge in [0.2, 0.25) is 0 Å². The van der Waals surface area contributed by atoms with Gasteiger partial charge in [-0.15, -0.1) is 12.4 Å². The molecule has 0 aliphatic carbocycles. The van der Waals surface area contributed by atoms with Gasteiger partial charge in [-0.1, -0.05) is 19.8 Å². The molecular weight excluding hydrogens is 138 g/mol. The highest BCUT2D eigenvalue weighted by Crippen LogP contribution is 1.91. The average molecular weight is 156 g/mol. The number of hydrogen-bond donors (Lipinski definition) is 1. The number of halogens is 1. The maximum atomic E-state index is 4.84. The Balaban J connectivity index is -0.000000180. The number of methoxy groups -OCH3 is 1. The Morgan fingerprint density at radius 2 is 1.78 bits per heavy atom. The van der Waals surface area contributed by atoms with Crippen molar-refractivity contribution in [2.45, 2.75) is 26.2 Å². The second-order valence-electron chi connectivity index (χ2n) is 1.70. The fourth-order valence-corrected chi connectivity index (χ4v) is 0.496. The molecule has 0 aliphatic rings. The van der Waals surface area contributed by atoms with E-state index in [2.05, 4.69) is 6.92 Å². The van der Waals surface area contributed by atoms with Gasteiger partial charge in [0.05, 0.1) is 0 Å². The molecule has 0 bridgehead atoms. The van der Waals surface area contributed by atoms with Crippen molar-refractivity contribution in [1.29, 1.82) is 0 Å². The van der Waals surface area contributed by atoms with E-state index in [0.717, 1.165) is 6.61 Å². The molecule has 0 radical (unpaired) electrons. The highest BCUT2D eigenvalue weighted by Gasteiger charge is 1.79. The molecule has 0 aromatic heterocycles. The minimum Gasteiger partial charge on any atom is -0.385 e. The maximum Gasteiger partial charge on any atom is 0.0462 e. The SMILES string of the molecule is CCCCCOC.Cl.N. The summed E-state index contributed by atoms with van der Waals surface area (Å²) in [5.41, 5.74) is 0. The van der Waals surface area contributed by atoms with Crippen LogP contribution >= 0.6 is 12.4 Å². The van der Waals surface area contributed by atoms with Crippen LogP contribution in [-0.2, 0) is 4.74 Å². The summed E-state index contributed by atoms with van der Waals surface area (Å²) < 4.78 is 4.84. The minimum absolute atomic E-state index is 0. The Hall–Kier alpha value is 0.210. The first-order chi connectivity index (χ1) is 3.41. The smallest absolute Gasteiger partial charge is 0.0462 e. The topological polar surface area (TPSA) is 44.2 Å². The third-order valence-electron chi connectivity index (χ3n) is 0.952. The summed E-state index contributed by atoms with van der Waals surface area (Å²) in [6.07, 6.45) is 3.80. The summed E-state index contributed by atoms with van der Waals surface area (Å²) in [5, 5.41) is 0. The van der Waals surface area contributed by atoms with E-state index in [0.29, 0.717) is 0 Å². The number of ether oxygens (including phenoxy) is 1. The van der Waals surface area contributed by atoms with Gasteiger partial charge in [-0.2, -0.15) is 0 Å². The molecule has 0 unspecified atom stereocenters. The molecule has 3 heteroatoms. The van der Waals surface area contributed by atoms with Crippen LogP contribution in [0.15, 0.2) is 0 Å². The Kier molecular flexibility index (Phi) is 28.1. The Labute approximate surface area is 64.0 Å². The lowest BCUT2D eigenvalue weighted by molar-refractivity contribution is 0.192. The molecule has 60 valence electrons. The van der Waals surface area contributed by atoms with Crippen molar-refractivity contribution in [3.8, 4) is 0 Å². The summed E-state index contributed by atoms with van der Waals surface area (Å²) in [6, 6.07) is 0. The highest BCUT2D eigenvalue weighted by molar-refractivity contribution is 5.85. The van der Waals surface area contributed by atoms with Crippen LogP contribution in [0.1, 0.15) is 26.2 Å². The highest BCUT2D eigenvalue weighted by atomic mass is 35.5. The Morgan fingerprint density at radius 3 is 2.11 bits per heavy atom. The second kappa shape index (κ2) is 15.7. The lowest BCUT2D eigenvalue weighted by atomic mass is 10.3. The average Bonchev–Trinajstić information content (AvgIpc) is 1.69. The predicted molar refractivity (Wildman–Crippen MR) is 43.7 cm³/mol. The molecule has 0 atom stereocenters. The molecule has 0 fully saturated rings. The Bertz CT molecular complexity index is 32.2. The number of hydrogen-bond acceptors (Lipinski definition) is 2. The normalized spacial score (nSPS) is 7.33. The predicted octanol–water partition coefficient (Wildman–Crippen LogP) is 2.41. The van der Waals surface area contributed by atoms with Crippen LogP contribution in [0.25, 0.3) is 0 Å². The summed E-state index contributed by atoms with van der Waals surface area (Å²) in [7, 11) is 1.75. The molecule has 0 rings (SSSR count). The molecule has 0 spiro atoms. The summed E-state index contributed by atoms with van der Waals surface area (Å²) in [5.74, 6) is 0. The Morgan fingerprint density at radius 1 is 1.22 bits per heavy atom. The van der Waals surface area contributed by atoms with Crippen LogP contribution in [0.4, 0.5) is 0 Å². The molecule has 0 saturated carbocycles. The van der Waals surface area contributed by atoms with E-state index in [1.807, 2.05) is 0 Å². The van der Waals surface area contributed by atoms with Crippen molar-refractivity contribution >= 4 is 12.4 Å². The van der Waals surface area contributed by atoms with Gasteiger partial charge in [0.25, 0.3) is 0 Å². The van der Waals surface area contributed by atoms with Gasteiger partial charge in [0, 0.05) is 13.7 Å².